The number of nitrogens with one attached hydrogen (secondary N) is 1. The first-order chi connectivity index (χ1) is 11.4. The predicted octanol–water partition coefficient (Wildman–Crippen LogP) is 2.27. The zero-order valence-electron chi connectivity index (χ0n) is 13.4. The van der Waals surface area contributed by atoms with Gasteiger partial charge in [-0.3, -0.25) is 20.2 Å². The fourth-order valence-corrected chi connectivity index (χ4v) is 3.41. The van der Waals surface area contributed by atoms with Gasteiger partial charge >= 0.3 is 5.69 Å². The summed E-state index contributed by atoms with van der Waals surface area (Å²) in [5.41, 5.74) is -0.520. The van der Waals surface area contributed by atoms with Crippen molar-refractivity contribution in [3.8, 4) is 0 Å². The molecule has 0 amide bonds. The molecule has 9 heteroatoms. The first-order valence-electron chi connectivity index (χ1n) is 7.84. The van der Waals surface area contributed by atoms with Crippen LogP contribution in [0.3, 0.4) is 0 Å². The van der Waals surface area contributed by atoms with E-state index in [1.54, 1.807) is 0 Å². The highest BCUT2D eigenvalue weighted by molar-refractivity contribution is 5.78. The highest BCUT2D eigenvalue weighted by Gasteiger charge is 2.34. The summed E-state index contributed by atoms with van der Waals surface area (Å²) in [6.07, 6.45) is 3.05. The number of nitrogens with zero attached hydrogens (tertiary/aromatic N) is 2. The molecule has 0 spiro atoms. The maximum absolute atomic E-state index is 11.5. The Morgan fingerprint density at radius 3 is 2.50 bits per heavy atom. The van der Waals surface area contributed by atoms with Gasteiger partial charge in [0.1, 0.15) is 0 Å². The number of nitro groups is 2. The molecule has 1 fully saturated rings. The lowest BCUT2D eigenvalue weighted by Gasteiger charge is -2.22. The number of aliphatic hydroxyl groups is 2. The van der Waals surface area contributed by atoms with Crippen LogP contribution in [0.15, 0.2) is 6.07 Å². The van der Waals surface area contributed by atoms with Crippen LogP contribution in [-0.2, 0) is 6.61 Å². The second kappa shape index (κ2) is 7.54. The molecular weight excluding hydrogens is 318 g/mol. The highest BCUT2D eigenvalue weighted by atomic mass is 16.6. The Kier molecular flexibility index (Phi) is 5.68. The molecule has 2 unspecified atom stereocenters. The average Bonchev–Trinajstić information content (AvgIpc) is 2.94. The van der Waals surface area contributed by atoms with Crippen LogP contribution >= 0.6 is 0 Å². The van der Waals surface area contributed by atoms with Gasteiger partial charge < -0.3 is 15.5 Å². The van der Waals surface area contributed by atoms with Crippen LogP contribution < -0.4 is 5.32 Å². The molecule has 132 valence electrons. The average molecular weight is 339 g/mol. The number of benzene rings is 1. The van der Waals surface area contributed by atoms with Crippen LogP contribution in [0.2, 0.25) is 0 Å². The van der Waals surface area contributed by atoms with E-state index < -0.39 is 22.1 Å². The molecule has 0 bridgehead atoms. The lowest BCUT2D eigenvalue weighted by atomic mass is 9.98. The number of hydrogen-bond donors (Lipinski definition) is 3. The standard InChI is InChI=1S/C15H21N3O6/c1-9-11(8-20)7-13(17(21)22)14(15(9)18(23)24)16-12-4-2-3-10(12)5-6-19/h7,10,12,16,19-20H,2-6,8H2,1H3. The van der Waals surface area contributed by atoms with Crippen LogP contribution in [0, 0.1) is 33.1 Å². The summed E-state index contributed by atoms with van der Waals surface area (Å²) in [4.78, 5) is 21.5. The third-order valence-corrected chi connectivity index (χ3v) is 4.68. The van der Waals surface area contributed by atoms with Crippen LogP contribution in [0.25, 0.3) is 0 Å². The number of nitro benzene ring substituents is 2. The Balaban J connectivity index is 2.52. The monoisotopic (exact) mass is 339 g/mol. The minimum atomic E-state index is -0.677. The lowest BCUT2D eigenvalue weighted by Crippen LogP contribution is -2.26. The molecule has 2 rings (SSSR count). The van der Waals surface area contributed by atoms with Crippen LogP contribution in [-0.4, -0.2) is 32.7 Å². The molecule has 3 N–H and O–H groups in total. The highest BCUT2D eigenvalue weighted by Crippen LogP contribution is 2.42. The first kappa shape index (κ1) is 18.1. The van der Waals surface area contributed by atoms with Gasteiger partial charge in [-0.1, -0.05) is 6.42 Å². The van der Waals surface area contributed by atoms with Crippen molar-refractivity contribution >= 4 is 17.1 Å². The molecule has 0 aromatic heterocycles. The van der Waals surface area contributed by atoms with Gasteiger partial charge in [-0.2, -0.15) is 0 Å². The fourth-order valence-electron chi connectivity index (χ4n) is 3.41. The number of aliphatic hydroxyl groups excluding tert-OH is 2. The van der Waals surface area contributed by atoms with Crippen molar-refractivity contribution in [2.45, 2.75) is 45.3 Å². The quantitative estimate of drug-likeness (QED) is 0.511. The van der Waals surface area contributed by atoms with Gasteiger partial charge in [0.05, 0.1) is 16.5 Å². The third-order valence-electron chi connectivity index (χ3n) is 4.68. The van der Waals surface area contributed by atoms with E-state index in [9.17, 15) is 25.3 Å². The van der Waals surface area contributed by atoms with E-state index in [1.807, 2.05) is 0 Å². The van der Waals surface area contributed by atoms with Gasteiger partial charge in [-0.15, -0.1) is 0 Å². The molecule has 0 heterocycles. The summed E-state index contributed by atoms with van der Waals surface area (Å²) >= 11 is 0. The molecule has 0 aliphatic heterocycles. The van der Waals surface area contributed by atoms with Crippen molar-refractivity contribution in [2.24, 2.45) is 5.92 Å². The maximum atomic E-state index is 11.5. The first-order valence-corrected chi connectivity index (χ1v) is 7.84. The van der Waals surface area contributed by atoms with Crippen molar-refractivity contribution in [3.05, 3.63) is 37.4 Å². The largest absolute Gasteiger partial charge is 0.396 e. The van der Waals surface area contributed by atoms with Crippen LogP contribution in [0.5, 0.6) is 0 Å². The van der Waals surface area contributed by atoms with E-state index in [0.29, 0.717) is 6.42 Å². The Bertz CT molecular complexity index is 649. The Morgan fingerprint density at radius 2 is 1.96 bits per heavy atom. The molecule has 0 saturated heterocycles. The van der Waals surface area contributed by atoms with Crippen LogP contribution in [0.1, 0.15) is 36.8 Å². The van der Waals surface area contributed by atoms with Gasteiger partial charge in [0, 0.05) is 24.3 Å². The normalized spacial score (nSPS) is 20.1. The van der Waals surface area contributed by atoms with E-state index in [-0.39, 0.29) is 41.1 Å². The van der Waals surface area contributed by atoms with E-state index in [1.165, 1.54) is 13.0 Å². The fraction of sp³-hybridized carbons (Fsp3) is 0.600. The molecule has 0 radical (unpaired) electrons. The van der Waals surface area contributed by atoms with E-state index >= 15 is 0 Å². The predicted molar refractivity (Wildman–Crippen MR) is 86.9 cm³/mol. The van der Waals surface area contributed by atoms with Crippen molar-refractivity contribution < 1.29 is 20.1 Å². The summed E-state index contributed by atoms with van der Waals surface area (Å²) < 4.78 is 0. The summed E-state index contributed by atoms with van der Waals surface area (Å²) in [5, 5.41) is 44.3. The summed E-state index contributed by atoms with van der Waals surface area (Å²) in [6.45, 7) is 0.971. The molecule has 1 saturated carbocycles. The Morgan fingerprint density at radius 1 is 1.25 bits per heavy atom. The molecular formula is C15H21N3O6. The maximum Gasteiger partial charge on any atom is 0.302 e. The van der Waals surface area contributed by atoms with Crippen molar-refractivity contribution in [1.29, 1.82) is 0 Å². The smallest absolute Gasteiger partial charge is 0.302 e. The zero-order chi connectivity index (χ0) is 17.9. The van der Waals surface area contributed by atoms with Gasteiger partial charge in [-0.05, 0) is 37.7 Å². The van der Waals surface area contributed by atoms with E-state index in [2.05, 4.69) is 5.32 Å². The molecule has 24 heavy (non-hydrogen) atoms. The van der Waals surface area contributed by atoms with Gasteiger partial charge in [0.15, 0.2) is 5.69 Å². The minimum absolute atomic E-state index is 0.00944. The molecule has 1 aliphatic rings. The molecule has 1 aromatic carbocycles. The number of anilines is 1. The molecule has 9 nitrogen and oxygen atoms in total. The SMILES string of the molecule is Cc1c(CO)cc([N+](=O)[O-])c(NC2CCCC2CCO)c1[N+](=O)[O-]. The van der Waals surface area contributed by atoms with Gasteiger partial charge in [0.2, 0.25) is 0 Å². The van der Waals surface area contributed by atoms with Crippen LogP contribution in [0.4, 0.5) is 17.1 Å². The minimum Gasteiger partial charge on any atom is -0.396 e. The zero-order valence-corrected chi connectivity index (χ0v) is 13.4. The molecule has 2 atom stereocenters. The topological polar surface area (TPSA) is 139 Å². The van der Waals surface area contributed by atoms with Gasteiger partial charge in [0.25, 0.3) is 5.69 Å². The summed E-state index contributed by atoms with van der Waals surface area (Å²) in [6, 6.07) is 1.02. The van der Waals surface area contributed by atoms with Crippen molar-refractivity contribution in [1.82, 2.24) is 0 Å². The lowest BCUT2D eigenvalue weighted by molar-refractivity contribution is -0.392. The summed E-state index contributed by atoms with van der Waals surface area (Å²) in [7, 11) is 0. The Hall–Kier alpha value is -2.26. The third kappa shape index (κ3) is 3.46. The second-order valence-corrected chi connectivity index (χ2v) is 6.03. The molecule has 1 aromatic rings. The number of rotatable bonds is 7. The second-order valence-electron chi connectivity index (χ2n) is 6.03. The number of hydrogen-bond acceptors (Lipinski definition) is 7. The van der Waals surface area contributed by atoms with Crippen molar-refractivity contribution in [2.75, 3.05) is 11.9 Å². The van der Waals surface area contributed by atoms with Gasteiger partial charge in [-0.25, -0.2) is 0 Å². The van der Waals surface area contributed by atoms with Crippen molar-refractivity contribution in [3.63, 3.8) is 0 Å². The Labute approximate surface area is 138 Å². The molecule has 1 aliphatic carbocycles. The van der Waals surface area contributed by atoms with E-state index in [4.69, 9.17) is 5.11 Å². The summed E-state index contributed by atoms with van der Waals surface area (Å²) in [5.74, 6) is 0.118. The van der Waals surface area contributed by atoms with E-state index in [0.717, 1.165) is 19.3 Å².